The Labute approximate surface area is 178 Å². The summed E-state index contributed by atoms with van der Waals surface area (Å²) in [5.41, 5.74) is 5.30. The minimum Gasteiger partial charge on any atom is -0.438 e. The van der Waals surface area contributed by atoms with Crippen molar-refractivity contribution in [3.05, 3.63) is 84.1 Å². The third-order valence-electron chi connectivity index (χ3n) is 6.67. The molecule has 0 aliphatic carbocycles. The van der Waals surface area contributed by atoms with Gasteiger partial charge in [0.2, 0.25) is 5.88 Å². The van der Waals surface area contributed by atoms with Gasteiger partial charge in [-0.25, -0.2) is 4.98 Å². The van der Waals surface area contributed by atoms with Gasteiger partial charge in [0.05, 0.1) is 22.2 Å². The van der Waals surface area contributed by atoms with Crippen LogP contribution < -0.4 is 4.74 Å². The zero-order valence-electron chi connectivity index (χ0n) is 17.2. The molecule has 0 saturated heterocycles. The second-order valence-corrected chi connectivity index (χ2v) is 8.36. The van der Waals surface area contributed by atoms with Crippen molar-refractivity contribution in [3.8, 4) is 22.9 Å². The summed E-state index contributed by atoms with van der Waals surface area (Å²) in [5.74, 6) is 1.46. The second kappa shape index (κ2) is 5.79. The molecule has 0 spiro atoms. The number of hydrogen-bond donors (Lipinski definition) is 0. The molecule has 0 atom stereocenters. The van der Waals surface area contributed by atoms with E-state index in [1.54, 1.807) is 0 Å². The minimum atomic E-state index is 0.633. The normalized spacial score (nSPS) is 12.5. The highest BCUT2D eigenvalue weighted by molar-refractivity contribution is 6.21. The minimum absolute atomic E-state index is 0.633. The third kappa shape index (κ3) is 2.18. The van der Waals surface area contributed by atoms with Crippen LogP contribution in [0.1, 0.15) is 11.1 Å². The van der Waals surface area contributed by atoms with E-state index in [1.807, 2.05) is 6.20 Å². The molecule has 7 rings (SSSR count). The SMILES string of the molecule is Cc1ccc2cc3c(nc2c1C)Oc1cc2c4ccccc4ccc2c2ccnc-3c12. The predicted octanol–water partition coefficient (Wildman–Crippen LogP) is 7.48. The number of rotatable bonds is 0. The van der Waals surface area contributed by atoms with Crippen LogP contribution in [0.4, 0.5) is 0 Å². The highest BCUT2D eigenvalue weighted by Crippen LogP contribution is 2.48. The summed E-state index contributed by atoms with van der Waals surface area (Å²) in [7, 11) is 0. The van der Waals surface area contributed by atoms with E-state index in [0.717, 1.165) is 38.7 Å². The Morgan fingerprint density at radius 1 is 0.742 bits per heavy atom. The average Bonchev–Trinajstić information content (AvgIpc) is 2.81. The van der Waals surface area contributed by atoms with Gasteiger partial charge in [-0.15, -0.1) is 0 Å². The number of hydrogen-bond acceptors (Lipinski definition) is 3. The van der Waals surface area contributed by atoms with Gasteiger partial charge in [-0.05, 0) is 70.1 Å². The monoisotopic (exact) mass is 398 g/mol. The summed E-state index contributed by atoms with van der Waals surface area (Å²) < 4.78 is 6.46. The van der Waals surface area contributed by atoms with Gasteiger partial charge in [-0.2, -0.15) is 0 Å². The molecule has 3 heterocycles. The van der Waals surface area contributed by atoms with Crippen LogP contribution in [0.25, 0.3) is 54.5 Å². The van der Waals surface area contributed by atoms with Gasteiger partial charge in [0, 0.05) is 11.6 Å². The summed E-state index contributed by atoms with van der Waals surface area (Å²) in [6.07, 6.45) is 1.90. The Bertz CT molecular complexity index is 1730. The van der Waals surface area contributed by atoms with Crippen molar-refractivity contribution in [1.82, 2.24) is 9.97 Å². The zero-order chi connectivity index (χ0) is 20.7. The zero-order valence-corrected chi connectivity index (χ0v) is 17.2. The number of nitrogens with zero attached hydrogens (tertiary/aromatic N) is 2. The van der Waals surface area contributed by atoms with E-state index in [9.17, 15) is 0 Å². The molecule has 3 heteroatoms. The largest absolute Gasteiger partial charge is 0.438 e. The first-order valence-electron chi connectivity index (χ1n) is 10.5. The Balaban J connectivity index is 1.63. The number of benzene rings is 4. The number of aromatic nitrogens is 2. The standard InChI is InChI=1S/C28H18N2O/c1-15-7-8-18-13-23-27-25-21(11-12-29-27)20-10-9-17-5-3-4-6-19(17)22(20)14-24(25)31-28(23)30-26(18)16(15)2/h3-14H,1-2H3. The molecule has 0 saturated carbocycles. The van der Waals surface area contributed by atoms with Crippen molar-refractivity contribution in [2.75, 3.05) is 0 Å². The van der Waals surface area contributed by atoms with Crippen molar-refractivity contribution in [2.24, 2.45) is 0 Å². The third-order valence-corrected chi connectivity index (χ3v) is 6.67. The Kier molecular flexibility index (Phi) is 3.14. The maximum absolute atomic E-state index is 6.46. The molecular formula is C28H18N2O. The van der Waals surface area contributed by atoms with E-state index in [-0.39, 0.29) is 0 Å². The molecule has 0 N–H and O–H groups in total. The fraction of sp³-hybridized carbons (Fsp3) is 0.0714. The molecule has 146 valence electrons. The van der Waals surface area contributed by atoms with Gasteiger partial charge in [0.15, 0.2) is 0 Å². The molecule has 3 nitrogen and oxygen atoms in total. The lowest BCUT2D eigenvalue weighted by atomic mass is 9.93. The molecule has 4 aromatic carbocycles. The van der Waals surface area contributed by atoms with E-state index in [4.69, 9.17) is 14.7 Å². The van der Waals surface area contributed by atoms with Crippen LogP contribution in [0.15, 0.2) is 72.9 Å². The first-order valence-corrected chi connectivity index (χ1v) is 10.5. The van der Waals surface area contributed by atoms with Gasteiger partial charge in [-0.3, -0.25) is 4.98 Å². The average molecular weight is 398 g/mol. The van der Waals surface area contributed by atoms with Gasteiger partial charge in [-0.1, -0.05) is 48.5 Å². The number of aryl methyl sites for hydroxylation is 2. The molecule has 2 aromatic heterocycles. The van der Waals surface area contributed by atoms with Crippen LogP contribution in [-0.2, 0) is 0 Å². The molecule has 0 amide bonds. The number of fused-ring (bicyclic) bond motifs is 7. The van der Waals surface area contributed by atoms with Gasteiger partial charge in [0.1, 0.15) is 5.75 Å². The molecule has 1 aliphatic rings. The van der Waals surface area contributed by atoms with E-state index < -0.39 is 0 Å². The lowest BCUT2D eigenvalue weighted by Crippen LogP contribution is -2.02. The van der Waals surface area contributed by atoms with Crippen LogP contribution in [0, 0.1) is 13.8 Å². The first-order chi connectivity index (χ1) is 15.2. The fourth-order valence-electron chi connectivity index (χ4n) is 4.93. The summed E-state index contributed by atoms with van der Waals surface area (Å²) in [5, 5.41) is 8.19. The highest BCUT2D eigenvalue weighted by atomic mass is 16.5. The van der Waals surface area contributed by atoms with Crippen molar-refractivity contribution in [3.63, 3.8) is 0 Å². The first kappa shape index (κ1) is 16.8. The lowest BCUT2D eigenvalue weighted by Gasteiger charge is -2.22. The molecule has 1 aliphatic heterocycles. The van der Waals surface area contributed by atoms with Crippen LogP contribution in [0.3, 0.4) is 0 Å². The number of pyridine rings is 2. The second-order valence-electron chi connectivity index (χ2n) is 8.36. The molecule has 31 heavy (non-hydrogen) atoms. The Hall–Kier alpha value is -3.98. The van der Waals surface area contributed by atoms with Crippen molar-refractivity contribution >= 4 is 43.2 Å². The molecule has 0 bridgehead atoms. The summed E-state index contributed by atoms with van der Waals surface area (Å²) in [6.45, 7) is 4.23. The van der Waals surface area contributed by atoms with Crippen LogP contribution in [-0.4, -0.2) is 9.97 Å². The quantitative estimate of drug-likeness (QED) is 0.248. The van der Waals surface area contributed by atoms with E-state index in [0.29, 0.717) is 5.88 Å². The Morgan fingerprint density at radius 2 is 1.61 bits per heavy atom. The van der Waals surface area contributed by atoms with Crippen LogP contribution in [0.2, 0.25) is 0 Å². The van der Waals surface area contributed by atoms with Crippen LogP contribution >= 0.6 is 0 Å². The van der Waals surface area contributed by atoms with E-state index in [1.165, 1.54) is 32.7 Å². The van der Waals surface area contributed by atoms with Gasteiger partial charge >= 0.3 is 0 Å². The highest BCUT2D eigenvalue weighted by Gasteiger charge is 2.25. The Morgan fingerprint density at radius 3 is 2.55 bits per heavy atom. The lowest BCUT2D eigenvalue weighted by molar-refractivity contribution is 0.469. The van der Waals surface area contributed by atoms with Gasteiger partial charge in [0.25, 0.3) is 0 Å². The molecule has 6 aromatic rings. The molecule has 0 radical (unpaired) electrons. The smallest absolute Gasteiger partial charge is 0.229 e. The van der Waals surface area contributed by atoms with Crippen LogP contribution in [0.5, 0.6) is 11.6 Å². The molecule has 0 unspecified atom stereocenters. The van der Waals surface area contributed by atoms with E-state index in [2.05, 4.69) is 80.6 Å². The summed E-state index contributed by atoms with van der Waals surface area (Å²) in [4.78, 5) is 9.72. The predicted molar refractivity (Wildman–Crippen MR) is 127 cm³/mol. The topological polar surface area (TPSA) is 35.0 Å². The van der Waals surface area contributed by atoms with Gasteiger partial charge < -0.3 is 4.74 Å². The maximum Gasteiger partial charge on any atom is 0.229 e. The molecular weight excluding hydrogens is 380 g/mol. The number of ether oxygens (including phenoxy) is 1. The fourth-order valence-corrected chi connectivity index (χ4v) is 4.93. The van der Waals surface area contributed by atoms with Crippen molar-refractivity contribution in [1.29, 1.82) is 0 Å². The summed E-state index contributed by atoms with van der Waals surface area (Å²) >= 11 is 0. The van der Waals surface area contributed by atoms with E-state index >= 15 is 0 Å². The van der Waals surface area contributed by atoms with Crippen molar-refractivity contribution < 1.29 is 4.74 Å². The maximum atomic E-state index is 6.46. The summed E-state index contributed by atoms with van der Waals surface area (Å²) in [6, 6.07) is 23.6. The van der Waals surface area contributed by atoms with Crippen molar-refractivity contribution in [2.45, 2.75) is 13.8 Å². The molecule has 0 fully saturated rings.